The van der Waals surface area contributed by atoms with Gasteiger partial charge in [0.15, 0.2) is 6.29 Å². The van der Waals surface area contributed by atoms with Gasteiger partial charge in [-0.05, 0) is 51.7 Å². The molecule has 0 aromatic heterocycles. The molecule has 0 aromatic carbocycles. The van der Waals surface area contributed by atoms with Crippen molar-refractivity contribution in [2.75, 3.05) is 32.8 Å². The Bertz CT molecular complexity index is 886. The molecular formula is C46H92N2O9. The lowest BCUT2D eigenvalue weighted by atomic mass is 9.98. The summed E-state index contributed by atoms with van der Waals surface area (Å²) in [6.07, 6.45) is 23.3. The zero-order chi connectivity index (χ0) is 41.9. The van der Waals surface area contributed by atoms with E-state index in [4.69, 9.17) is 9.47 Å². The van der Waals surface area contributed by atoms with Crippen molar-refractivity contribution in [1.82, 2.24) is 10.2 Å². The van der Waals surface area contributed by atoms with Gasteiger partial charge in [-0.25, -0.2) is 0 Å². The lowest BCUT2D eigenvalue weighted by Crippen LogP contribution is -2.60. The Morgan fingerprint density at radius 2 is 1.02 bits per heavy atom. The minimum absolute atomic E-state index is 0.258. The highest BCUT2D eigenvalue weighted by molar-refractivity contribution is 5.76. The van der Waals surface area contributed by atoms with E-state index in [1.54, 1.807) is 0 Å². The van der Waals surface area contributed by atoms with Crippen LogP contribution in [-0.2, 0) is 14.3 Å². The summed E-state index contributed by atoms with van der Waals surface area (Å²) in [5.74, 6) is -0.258. The van der Waals surface area contributed by atoms with Gasteiger partial charge in [0.1, 0.15) is 30.5 Å². The molecule has 1 saturated heterocycles. The number of aliphatic hydroxyl groups is 6. The minimum atomic E-state index is -1.61. The number of nitrogens with zero attached hydrogens (tertiary/aromatic N) is 1. The van der Waals surface area contributed by atoms with Crippen molar-refractivity contribution < 1.29 is 44.9 Å². The van der Waals surface area contributed by atoms with E-state index in [1.807, 2.05) is 0 Å². The van der Waals surface area contributed by atoms with Crippen molar-refractivity contribution in [2.45, 2.75) is 256 Å². The molecule has 11 heteroatoms. The van der Waals surface area contributed by atoms with Crippen LogP contribution >= 0.6 is 0 Å². The predicted octanol–water partition coefficient (Wildman–Crippen LogP) is 7.68. The molecule has 0 radical (unpaired) electrons. The Morgan fingerprint density at radius 1 is 0.596 bits per heavy atom. The summed E-state index contributed by atoms with van der Waals surface area (Å²) in [5.41, 5.74) is 0. The maximum Gasteiger partial charge on any atom is 0.220 e. The maximum atomic E-state index is 13.1. The number of rotatable bonds is 40. The van der Waals surface area contributed by atoms with E-state index in [1.165, 1.54) is 129 Å². The smallest absolute Gasteiger partial charge is 0.220 e. The summed E-state index contributed by atoms with van der Waals surface area (Å²) in [7, 11) is 0. The van der Waals surface area contributed by atoms with Crippen LogP contribution in [0.3, 0.4) is 0 Å². The van der Waals surface area contributed by atoms with E-state index in [-0.39, 0.29) is 18.9 Å². The van der Waals surface area contributed by atoms with Gasteiger partial charge in [0.2, 0.25) is 5.91 Å². The monoisotopic (exact) mass is 817 g/mol. The van der Waals surface area contributed by atoms with E-state index in [0.29, 0.717) is 12.8 Å². The molecular weight excluding hydrogens is 725 g/mol. The van der Waals surface area contributed by atoms with Crippen LogP contribution in [0.25, 0.3) is 0 Å². The van der Waals surface area contributed by atoms with E-state index in [2.05, 4.69) is 31.0 Å². The first-order valence-electron chi connectivity index (χ1n) is 24.0. The highest BCUT2D eigenvalue weighted by atomic mass is 16.7. The van der Waals surface area contributed by atoms with Crippen LogP contribution in [0.5, 0.6) is 0 Å². The van der Waals surface area contributed by atoms with Crippen LogP contribution < -0.4 is 5.32 Å². The third kappa shape index (κ3) is 26.8. The molecule has 1 fully saturated rings. The summed E-state index contributed by atoms with van der Waals surface area (Å²) < 4.78 is 11.2. The number of aliphatic hydroxyl groups excluding tert-OH is 6. The third-order valence-electron chi connectivity index (χ3n) is 11.8. The molecule has 0 spiro atoms. The standard InChI is InChI=1S/C46H92N2O9/c1-4-7-10-13-14-15-16-17-18-19-21-26-31-39(50)42(52)38(37-56-46-45(55)44(54)43(53)40(36-49)57-46)47-41(51)32-27-22-20-25-30-35-48(33-28-23-11-8-5-2)34-29-24-12-9-6-3/h38-40,42-46,49-50,52-55H,4-37H2,1-3H3,(H,47,51)/t38?,39-,40?,42+,43+,44+,45-,46+/m1/s1. The second kappa shape index (κ2) is 36.9. The van der Waals surface area contributed by atoms with Crippen LogP contribution in [0.2, 0.25) is 0 Å². The van der Waals surface area contributed by atoms with Crippen molar-refractivity contribution in [2.24, 2.45) is 0 Å². The molecule has 1 aliphatic heterocycles. The molecule has 0 aliphatic carbocycles. The van der Waals surface area contributed by atoms with Crippen LogP contribution in [0, 0.1) is 0 Å². The highest BCUT2D eigenvalue weighted by Crippen LogP contribution is 2.23. The number of carbonyl (C=O) groups excluding carboxylic acids is 1. The van der Waals surface area contributed by atoms with Crippen molar-refractivity contribution >= 4 is 5.91 Å². The molecule has 1 aliphatic rings. The van der Waals surface area contributed by atoms with Crippen molar-refractivity contribution in [3.05, 3.63) is 0 Å². The predicted molar refractivity (Wildman–Crippen MR) is 231 cm³/mol. The summed E-state index contributed by atoms with van der Waals surface area (Å²) >= 11 is 0. The van der Waals surface area contributed by atoms with E-state index < -0.39 is 55.6 Å². The largest absolute Gasteiger partial charge is 0.394 e. The van der Waals surface area contributed by atoms with Gasteiger partial charge in [0.05, 0.1) is 25.4 Å². The summed E-state index contributed by atoms with van der Waals surface area (Å²) in [6.45, 7) is 9.38. The summed E-state index contributed by atoms with van der Waals surface area (Å²) in [4.78, 5) is 15.8. The van der Waals surface area contributed by atoms with Gasteiger partial charge < -0.3 is 50.3 Å². The van der Waals surface area contributed by atoms with Gasteiger partial charge in [-0.3, -0.25) is 4.79 Å². The quantitative estimate of drug-likeness (QED) is 0.0304. The molecule has 7 N–H and O–H groups in total. The number of hydrogen-bond donors (Lipinski definition) is 7. The second-order valence-electron chi connectivity index (χ2n) is 17.1. The second-order valence-corrected chi connectivity index (χ2v) is 17.1. The molecule has 1 amide bonds. The van der Waals surface area contributed by atoms with Gasteiger partial charge in [-0.2, -0.15) is 0 Å². The first-order valence-corrected chi connectivity index (χ1v) is 24.0. The number of carbonyl (C=O) groups is 1. The first-order chi connectivity index (χ1) is 27.7. The Balaban J connectivity index is 2.55. The molecule has 1 rings (SSSR count). The minimum Gasteiger partial charge on any atom is -0.394 e. The fraction of sp³-hybridized carbons (Fsp3) is 0.978. The van der Waals surface area contributed by atoms with Gasteiger partial charge in [-0.1, -0.05) is 168 Å². The van der Waals surface area contributed by atoms with Crippen LogP contribution in [-0.4, -0.2) is 123 Å². The number of ether oxygens (including phenoxy) is 2. The zero-order valence-electron chi connectivity index (χ0n) is 37.0. The van der Waals surface area contributed by atoms with Gasteiger partial charge in [0.25, 0.3) is 0 Å². The molecule has 2 unspecified atom stereocenters. The van der Waals surface area contributed by atoms with Gasteiger partial charge in [0, 0.05) is 6.42 Å². The number of amides is 1. The lowest BCUT2D eigenvalue weighted by Gasteiger charge is -2.40. The lowest BCUT2D eigenvalue weighted by molar-refractivity contribution is -0.303. The average molecular weight is 817 g/mol. The normalized spacial score (nSPS) is 21.5. The van der Waals surface area contributed by atoms with Gasteiger partial charge in [-0.15, -0.1) is 0 Å². The zero-order valence-corrected chi connectivity index (χ0v) is 37.0. The first kappa shape index (κ1) is 54.1. The average Bonchev–Trinajstić information content (AvgIpc) is 3.21. The Labute approximate surface area is 349 Å². The Kier molecular flexibility index (Phi) is 35.1. The Morgan fingerprint density at radius 3 is 1.47 bits per heavy atom. The van der Waals surface area contributed by atoms with Crippen molar-refractivity contribution in [3.63, 3.8) is 0 Å². The molecule has 11 nitrogen and oxygen atoms in total. The molecule has 340 valence electrons. The molecule has 1 heterocycles. The number of unbranched alkanes of at least 4 members (excludes halogenated alkanes) is 23. The SMILES string of the molecule is CCCCCCCCCCCCCC[C@@H](O)[C@@H](O)C(CO[C@H]1OC(CO)[C@H](O)[C@H](O)[C@H]1O)NC(=O)CCCCCCCN(CCCCCCC)CCCCCCC. The number of hydrogen-bond acceptors (Lipinski definition) is 10. The fourth-order valence-corrected chi connectivity index (χ4v) is 7.91. The number of nitrogens with one attached hydrogen (secondary N) is 1. The molecule has 0 saturated carbocycles. The maximum absolute atomic E-state index is 13.1. The molecule has 8 atom stereocenters. The third-order valence-corrected chi connectivity index (χ3v) is 11.8. The summed E-state index contributed by atoms with van der Waals surface area (Å²) in [5, 5.41) is 65.4. The van der Waals surface area contributed by atoms with Crippen molar-refractivity contribution in [1.29, 1.82) is 0 Å². The summed E-state index contributed by atoms with van der Waals surface area (Å²) in [6, 6.07) is -0.993. The molecule has 0 bridgehead atoms. The Hall–Kier alpha value is -0.890. The van der Waals surface area contributed by atoms with Crippen LogP contribution in [0.15, 0.2) is 0 Å². The van der Waals surface area contributed by atoms with Crippen LogP contribution in [0.4, 0.5) is 0 Å². The van der Waals surface area contributed by atoms with E-state index in [0.717, 1.165) is 57.9 Å². The molecule has 57 heavy (non-hydrogen) atoms. The van der Waals surface area contributed by atoms with Crippen LogP contribution in [0.1, 0.15) is 207 Å². The van der Waals surface area contributed by atoms with Gasteiger partial charge >= 0.3 is 0 Å². The topological polar surface area (TPSA) is 172 Å². The van der Waals surface area contributed by atoms with Crippen molar-refractivity contribution in [3.8, 4) is 0 Å². The molecule has 0 aromatic rings. The van der Waals surface area contributed by atoms with E-state index >= 15 is 0 Å². The van der Waals surface area contributed by atoms with E-state index in [9.17, 15) is 35.4 Å². The highest BCUT2D eigenvalue weighted by Gasteiger charge is 2.44. The fourth-order valence-electron chi connectivity index (χ4n) is 7.91.